The molecule has 21 heavy (non-hydrogen) atoms. The number of carbonyl (C=O) groups is 1. The summed E-state index contributed by atoms with van der Waals surface area (Å²) in [5.41, 5.74) is 1.82. The molecule has 1 aromatic carbocycles. The number of anilines is 1. The number of amides is 2. The maximum Gasteiger partial charge on any atom is 0.319 e. The van der Waals surface area contributed by atoms with Crippen molar-refractivity contribution in [3.8, 4) is 11.6 Å². The minimum Gasteiger partial charge on any atom is -0.439 e. The summed E-state index contributed by atoms with van der Waals surface area (Å²) in [6, 6.07) is 11.4. The second kappa shape index (κ2) is 5.83. The third-order valence-electron chi connectivity index (χ3n) is 3.15. The fraction of sp³-hybridized carbons (Fsp3) is 0.250. The van der Waals surface area contributed by atoms with Gasteiger partial charge in [0.25, 0.3) is 0 Å². The van der Waals surface area contributed by atoms with E-state index in [1.807, 2.05) is 31.2 Å². The Morgan fingerprint density at radius 2 is 1.95 bits per heavy atom. The minimum atomic E-state index is -0.188. The van der Waals surface area contributed by atoms with Crippen molar-refractivity contribution in [3.63, 3.8) is 0 Å². The molecule has 1 aromatic heterocycles. The first-order chi connectivity index (χ1) is 10.2. The Balaban J connectivity index is 1.58. The quantitative estimate of drug-likeness (QED) is 0.903. The first-order valence-electron chi connectivity index (χ1n) is 6.97. The zero-order valence-corrected chi connectivity index (χ0v) is 11.8. The van der Waals surface area contributed by atoms with E-state index in [4.69, 9.17) is 4.74 Å². The first-order valence-corrected chi connectivity index (χ1v) is 6.97. The van der Waals surface area contributed by atoms with Gasteiger partial charge in [0.15, 0.2) is 0 Å². The number of hydrogen-bond donors (Lipinski definition) is 2. The maximum atomic E-state index is 11.6. The summed E-state index contributed by atoms with van der Waals surface area (Å²) < 4.78 is 5.63. The van der Waals surface area contributed by atoms with Crippen LogP contribution < -0.4 is 15.4 Å². The molecular weight excluding hydrogens is 266 g/mol. The van der Waals surface area contributed by atoms with Crippen LogP contribution >= 0.6 is 0 Å². The largest absolute Gasteiger partial charge is 0.439 e. The summed E-state index contributed by atoms with van der Waals surface area (Å²) in [4.78, 5) is 15.8. The van der Waals surface area contributed by atoms with Crippen LogP contribution in [0.15, 0.2) is 42.6 Å². The van der Waals surface area contributed by atoms with E-state index in [0.29, 0.717) is 17.6 Å². The SMILES string of the molecule is Cc1ccc(Oc2ccc(NC(=O)NC3CC3)cn2)cc1. The van der Waals surface area contributed by atoms with Gasteiger partial charge in [-0.05, 0) is 38.0 Å². The number of carbonyl (C=O) groups excluding carboxylic acids is 1. The summed E-state index contributed by atoms with van der Waals surface area (Å²) >= 11 is 0. The highest BCUT2D eigenvalue weighted by Crippen LogP contribution is 2.21. The molecule has 0 unspecified atom stereocenters. The number of ether oxygens (including phenoxy) is 1. The van der Waals surface area contributed by atoms with Crippen LogP contribution in [0.25, 0.3) is 0 Å². The number of nitrogens with one attached hydrogen (secondary N) is 2. The van der Waals surface area contributed by atoms with Gasteiger partial charge in [-0.25, -0.2) is 9.78 Å². The fourth-order valence-corrected chi connectivity index (χ4v) is 1.82. The maximum absolute atomic E-state index is 11.6. The molecule has 1 aliphatic rings. The molecule has 5 nitrogen and oxygen atoms in total. The molecule has 1 saturated carbocycles. The Kier molecular flexibility index (Phi) is 3.73. The van der Waals surface area contributed by atoms with Crippen molar-refractivity contribution >= 4 is 11.7 Å². The topological polar surface area (TPSA) is 63.2 Å². The molecule has 0 radical (unpaired) electrons. The Morgan fingerprint density at radius 1 is 1.19 bits per heavy atom. The molecule has 108 valence electrons. The van der Waals surface area contributed by atoms with Gasteiger partial charge >= 0.3 is 6.03 Å². The zero-order chi connectivity index (χ0) is 14.7. The summed E-state index contributed by atoms with van der Waals surface area (Å²) in [6.07, 6.45) is 3.71. The molecule has 2 N–H and O–H groups in total. The number of rotatable bonds is 4. The molecule has 1 heterocycles. The van der Waals surface area contributed by atoms with Crippen molar-refractivity contribution in [2.75, 3.05) is 5.32 Å². The van der Waals surface area contributed by atoms with E-state index >= 15 is 0 Å². The molecule has 0 atom stereocenters. The molecule has 5 heteroatoms. The molecule has 0 aliphatic heterocycles. The van der Waals surface area contributed by atoms with Gasteiger partial charge in [0.1, 0.15) is 5.75 Å². The first kappa shape index (κ1) is 13.4. The Hall–Kier alpha value is -2.56. The van der Waals surface area contributed by atoms with Gasteiger partial charge in [-0.2, -0.15) is 0 Å². The van der Waals surface area contributed by atoms with Crippen LogP contribution in [0.1, 0.15) is 18.4 Å². The third kappa shape index (κ3) is 3.95. The van der Waals surface area contributed by atoms with Crippen molar-refractivity contribution in [1.29, 1.82) is 0 Å². The van der Waals surface area contributed by atoms with Crippen LogP contribution in [0.5, 0.6) is 11.6 Å². The van der Waals surface area contributed by atoms with Crippen molar-refractivity contribution < 1.29 is 9.53 Å². The Bertz CT molecular complexity index is 619. The van der Waals surface area contributed by atoms with E-state index in [1.165, 1.54) is 5.56 Å². The van der Waals surface area contributed by atoms with Crippen molar-refractivity contribution in [2.24, 2.45) is 0 Å². The number of hydrogen-bond acceptors (Lipinski definition) is 3. The number of aromatic nitrogens is 1. The monoisotopic (exact) mass is 283 g/mol. The van der Waals surface area contributed by atoms with Crippen molar-refractivity contribution in [3.05, 3.63) is 48.2 Å². The van der Waals surface area contributed by atoms with Gasteiger partial charge in [0.05, 0.1) is 11.9 Å². The average molecular weight is 283 g/mol. The zero-order valence-electron chi connectivity index (χ0n) is 11.8. The molecule has 2 aromatic rings. The second-order valence-corrected chi connectivity index (χ2v) is 5.17. The lowest BCUT2D eigenvalue weighted by Crippen LogP contribution is -2.30. The van der Waals surface area contributed by atoms with E-state index in [2.05, 4.69) is 15.6 Å². The van der Waals surface area contributed by atoms with Crippen LogP contribution in [0.4, 0.5) is 10.5 Å². The van der Waals surface area contributed by atoms with Crippen LogP contribution in [0, 0.1) is 6.92 Å². The van der Waals surface area contributed by atoms with E-state index < -0.39 is 0 Å². The second-order valence-electron chi connectivity index (χ2n) is 5.17. The number of nitrogens with zero attached hydrogens (tertiary/aromatic N) is 1. The van der Waals surface area contributed by atoms with Gasteiger partial charge in [-0.15, -0.1) is 0 Å². The molecule has 0 saturated heterocycles. The van der Waals surface area contributed by atoms with Crippen LogP contribution in [0.3, 0.4) is 0 Å². The Morgan fingerprint density at radius 3 is 2.57 bits per heavy atom. The molecule has 1 aliphatic carbocycles. The highest BCUT2D eigenvalue weighted by molar-refractivity contribution is 5.89. The molecule has 2 amide bonds. The summed E-state index contributed by atoms with van der Waals surface area (Å²) in [7, 11) is 0. The summed E-state index contributed by atoms with van der Waals surface area (Å²) in [6.45, 7) is 2.02. The highest BCUT2D eigenvalue weighted by Gasteiger charge is 2.23. The predicted octanol–water partition coefficient (Wildman–Crippen LogP) is 3.47. The molecule has 0 spiro atoms. The van der Waals surface area contributed by atoms with Gasteiger partial charge in [-0.3, -0.25) is 0 Å². The van der Waals surface area contributed by atoms with Crippen molar-refractivity contribution in [2.45, 2.75) is 25.8 Å². The molecule has 0 bridgehead atoms. The van der Waals surface area contributed by atoms with Crippen LogP contribution in [-0.4, -0.2) is 17.1 Å². The lowest BCUT2D eigenvalue weighted by Gasteiger charge is -2.08. The molecule has 1 fully saturated rings. The fourth-order valence-electron chi connectivity index (χ4n) is 1.82. The van der Waals surface area contributed by atoms with Crippen LogP contribution in [0.2, 0.25) is 0 Å². The Labute approximate surface area is 123 Å². The van der Waals surface area contributed by atoms with Gasteiger partial charge in [0, 0.05) is 12.1 Å². The lowest BCUT2D eigenvalue weighted by atomic mass is 10.2. The molecule has 3 rings (SSSR count). The minimum absolute atomic E-state index is 0.188. The van der Waals surface area contributed by atoms with Gasteiger partial charge in [-0.1, -0.05) is 17.7 Å². The van der Waals surface area contributed by atoms with E-state index in [-0.39, 0.29) is 6.03 Å². The van der Waals surface area contributed by atoms with Gasteiger partial charge < -0.3 is 15.4 Å². The third-order valence-corrected chi connectivity index (χ3v) is 3.15. The summed E-state index contributed by atoms with van der Waals surface area (Å²) in [5, 5.41) is 5.60. The van der Waals surface area contributed by atoms with E-state index in [9.17, 15) is 4.79 Å². The van der Waals surface area contributed by atoms with E-state index in [0.717, 1.165) is 18.6 Å². The normalized spacial score (nSPS) is 13.6. The number of aryl methyl sites for hydroxylation is 1. The van der Waals surface area contributed by atoms with Gasteiger partial charge in [0.2, 0.25) is 5.88 Å². The smallest absolute Gasteiger partial charge is 0.319 e. The standard InChI is InChI=1S/C16H17N3O2/c1-11-2-7-14(8-3-11)21-15-9-6-13(10-17-15)19-16(20)18-12-4-5-12/h2-3,6-10,12H,4-5H2,1H3,(H2,18,19,20). The van der Waals surface area contributed by atoms with Crippen molar-refractivity contribution in [1.82, 2.24) is 10.3 Å². The summed E-state index contributed by atoms with van der Waals surface area (Å²) in [5.74, 6) is 1.23. The van der Waals surface area contributed by atoms with E-state index in [1.54, 1.807) is 18.3 Å². The van der Waals surface area contributed by atoms with Crippen LogP contribution in [-0.2, 0) is 0 Å². The lowest BCUT2D eigenvalue weighted by molar-refractivity contribution is 0.251. The number of urea groups is 1. The number of benzene rings is 1. The number of pyridine rings is 1. The molecular formula is C16H17N3O2. The predicted molar refractivity (Wildman–Crippen MR) is 80.7 cm³/mol. The highest BCUT2D eigenvalue weighted by atomic mass is 16.5. The average Bonchev–Trinajstić information content (AvgIpc) is 3.27.